The summed E-state index contributed by atoms with van der Waals surface area (Å²) in [6.45, 7) is 16.3. The van der Waals surface area contributed by atoms with Crippen LogP contribution in [-0.2, 0) is 52.7 Å². The summed E-state index contributed by atoms with van der Waals surface area (Å²) in [7, 11) is -1.93. The van der Waals surface area contributed by atoms with Gasteiger partial charge in [-0.25, -0.2) is 0 Å². The molecule has 7 aliphatic carbocycles. The highest BCUT2D eigenvalue weighted by molar-refractivity contribution is 7.90. The van der Waals surface area contributed by atoms with Gasteiger partial charge < -0.3 is 68.6 Å². The van der Waals surface area contributed by atoms with E-state index in [0.29, 0.717) is 113 Å². The second-order valence-corrected chi connectivity index (χ2v) is 25.8. The van der Waals surface area contributed by atoms with Crippen LogP contribution in [0.3, 0.4) is 0 Å². The molecule has 0 radical (unpaired) electrons. The maximum absolute atomic E-state index is 12.1. The van der Waals surface area contributed by atoms with Crippen molar-refractivity contribution in [2.45, 2.75) is 242 Å². The molecule has 1 aromatic carbocycles. The van der Waals surface area contributed by atoms with Gasteiger partial charge in [0.1, 0.15) is 5.78 Å². The van der Waals surface area contributed by atoms with Crippen molar-refractivity contribution in [3.05, 3.63) is 53.8 Å². The summed E-state index contributed by atoms with van der Waals surface area (Å²) in [5.41, 5.74) is 2.31. The molecule has 4 saturated heterocycles. The normalized spacial score (nSPS) is 34.6. The average molecular weight is 1180 g/mol. The summed E-state index contributed by atoms with van der Waals surface area (Å²) in [5, 5.41) is 58.9. The molecule has 4 unspecified atom stereocenters. The van der Waals surface area contributed by atoms with Gasteiger partial charge in [-0.2, -0.15) is 12.8 Å². The van der Waals surface area contributed by atoms with Crippen LogP contribution in [0.1, 0.15) is 176 Å². The largest absolute Gasteiger partial charge is 0.501 e. The van der Waals surface area contributed by atoms with E-state index >= 15 is 0 Å². The van der Waals surface area contributed by atoms with Gasteiger partial charge in [0.25, 0.3) is 10.0 Å². The zero-order valence-corrected chi connectivity index (χ0v) is 50.1. The van der Waals surface area contributed by atoms with Gasteiger partial charge in [0.2, 0.25) is 0 Å². The first-order chi connectivity index (χ1) is 38.6. The van der Waals surface area contributed by atoms with Crippen LogP contribution >= 0.6 is 0 Å². The number of nitrogens with zero attached hydrogens (tertiary/aromatic N) is 2. The molecule has 468 valence electrons. The maximum Gasteiger partial charge on any atom is 0.282 e. The van der Waals surface area contributed by atoms with E-state index in [1.807, 2.05) is 27.7 Å². The SMILES string of the molecule is C.C1COC2(CCC3OC3C2)O1.CC1CCC2(C[C@H]1O)OCCO2.COC1=CCC=CC1.C[C@@H]1CC/C(=N/O)C[C@H]1O.C[C@@H]1CCC(=O)C[C@H]1O.C[C@H]1CCC2(CC1O)OCCO2.Cc1ccc(S(=O)(=O)N=C2CC[C@@H](C)[C@H](O)C2)cc1. The van der Waals surface area contributed by atoms with Crippen LogP contribution < -0.4 is 0 Å². The first-order valence-electron chi connectivity index (χ1n) is 30.0. The molecule has 4 aliphatic heterocycles. The number of hydrogen-bond acceptors (Lipinski definition) is 18. The number of methoxy groups -OCH3 is 1. The van der Waals surface area contributed by atoms with Gasteiger partial charge in [-0.15, -0.1) is 0 Å². The number of allylic oxidation sites excluding steroid dienone is 3. The van der Waals surface area contributed by atoms with Gasteiger partial charge in [0, 0.05) is 76.3 Å². The molecule has 0 amide bonds. The van der Waals surface area contributed by atoms with Crippen molar-refractivity contribution in [1.82, 2.24) is 0 Å². The zero-order chi connectivity index (χ0) is 58.8. The molecule has 0 aromatic heterocycles. The predicted molar refractivity (Wildman–Crippen MR) is 312 cm³/mol. The average Bonchev–Trinajstić information content (AvgIpc) is 3.92. The zero-order valence-electron chi connectivity index (χ0n) is 49.3. The van der Waals surface area contributed by atoms with Crippen molar-refractivity contribution in [3.8, 4) is 0 Å². The molecular formula is C62H102N2O17S. The highest BCUT2D eigenvalue weighted by atomic mass is 32.2. The fourth-order valence-corrected chi connectivity index (χ4v) is 12.5. The Bertz CT molecular complexity index is 2270. The number of aliphatic hydroxyl groups is 5. The van der Waals surface area contributed by atoms with E-state index in [-0.39, 0.29) is 54.2 Å². The Hall–Kier alpha value is -3.22. The number of aliphatic hydroxyl groups excluding tert-OH is 5. The number of oxime groups is 1. The van der Waals surface area contributed by atoms with E-state index < -0.39 is 27.7 Å². The lowest BCUT2D eigenvalue weighted by molar-refractivity contribution is -0.204. The van der Waals surface area contributed by atoms with E-state index in [9.17, 15) is 33.6 Å². The summed E-state index contributed by atoms with van der Waals surface area (Å²) >= 11 is 0. The first kappa shape index (κ1) is 69.6. The molecule has 6 N–H and O–H groups in total. The number of epoxide rings is 1. The van der Waals surface area contributed by atoms with Crippen LogP contribution in [0.2, 0.25) is 0 Å². The number of hydrogen-bond donors (Lipinski definition) is 6. The summed E-state index contributed by atoms with van der Waals surface area (Å²) in [4.78, 5) is 10.9. The summed E-state index contributed by atoms with van der Waals surface area (Å²) in [6, 6.07) is 6.64. The molecule has 11 aliphatic rings. The predicted octanol–water partition coefficient (Wildman–Crippen LogP) is 9.04. The molecule has 82 heavy (non-hydrogen) atoms. The lowest BCUT2D eigenvalue weighted by Gasteiger charge is -2.37. The van der Waals surface area contributed by atoms with E-state index in [1.54, 1.807) is 31.4 Å². The molecule has 12 atom stereocenters. The standard InChI is InChI=1S/C14H19NO3S.2C9H16O3.C8H12O3.C7H13NO2.C7H12O2.C7H10O.CH4/c1-10-3-7-13(8-4-10)19(17,18)15-12-6-5-11(2)14(16)9-12;2*1-7-2-3-9(6-8(7)10)11-4-5-12-9;1-2-8(9-3-4-10-8)5-7-6(1)11-7;1-5-2-3-6(8-10)4-7(5)9;1-5-2-3-6(8)4-7(5)9;1-8-7-5-3-2-4-6-7;/h3-4,7-8,11,14,16H,5-6,9H2,1-2H3;2*7-8,10H,2-6H2,1H3;6-7H,1-5H2;5,7,9-10H,2-4H2,1H3;5,7,9H,2-4H2,1H3;2-3,6H,4-5H2,1H3;1H4/b;;;;8-6-;;;/t11-,14-;7?,8-;7-,8?;;2*5-,7-;;/m110.11../s1. The Morgan fingerprint density at radius 3 is 1.40 bits per heavy atom. The smallest absolute Gasteiger partial charge is 0.282 e. The van der Waals surface area contributed by atoms with Crippen LogP contribution in [0.4, 0.5) is 0 Å². The number of fused-ring (bicyclic) bond motifs is 1. The van der Waals surface area contributed by atoms with E-state index in [1.165, 1.54) is 0 Å². The minimum atomic E-state index is -3.64. The number of Topliss-reactive ketones (excluding diaryl/α,β-unsaturated/α-hetero) is 1. The Morgan fingerprint density at radius 1 is 0.561 bits per heavy atom. The topological polar surface area (TPSA) is 274 Å². The van der Waals surface area contributed by atoms with Crippen molar-refractivity contribution in [1.29, 1.82) is 0 Å². The van der Waals surface area contributed by atoms with Gasteiger partial charge >= 0.3 is 0 Å². The number of rotatable bonds is 3. The fourth-order valence-electron chi connectivity index (χ4n) is 11.4. The molecule has 1 aromatic rings. The minimum absolute atomic E-state index is 0. The van der Waals surface area contributed by atoms with Gasteiger partial charge in [-0.1, -0.05) is 77.0 Å². The molecule has 19 nitrogen and oxygen atoms in total. The number of sulfonamides is 1. The number of carbonyl (C=O) groups is 1. The van der Waals surface area contributed by atoms with Crippen LogP contribution in [-0.4, -0.2) is 163 Å². The number of aryl methyl sites for hydroxylation is 1. The first-order valence-corrected chi connectivity index (χ1v) is 31.4. The van der Waals surface area contributed by atoms with Crippen LogP contribution in [0.25, 0.3) is 0 Å². The third kappa shape index (κ3) is 21.6. The van der Waals surface area contributed by atoms with Crippen molar-refractivity contribution in [2.24, 2.45) is 39.1 Å². The highest BCUT2D eigenvalue weighted by Crippen LogP contribution is 2.45. The summed E-state index contributed by atoms with van der Waals surface area (Å²) in [6.07, 6.45) is 21.9. The quantitative estimate of drug-likeness (QED) is 0.0713. The second kappa shape index (κ2) is 33.1. The van der Waals surface area contributed by atoms with Crippen LogP contribution in [0.15, 0.2) is 62.7 Å². The van der Waals surface area contributed by atoms with E-state index in [4.69, 9.17) is 48.2 Å². The van der Waals surface area contributed by atoms with Crippen LogP contribution in [0.5, 0.6) is 0 Å². The van der Waals surface area contributed by atoms with E-state index in [2.05, 4.69) is 41.6 Å². The number of carbonyl (C=O) groups excluding carboxylic acids is 1. The Morgan fingerprint density at radius 2 is 1.00 bits per heavy atom. The van der Waals surface area contributed by atoms with Gasteiger partial charge in [-0.3, -0.25) is 4.79 Å². The molecule has 0 bridgehead atoms. The molecule has 12 rings (SSSR count). The second-order valence-electron chi connectivity index (χ2n) is 24.2. The molecule has 4 heterocycles. The number of ketones is 1. The lowest BCUT2D eigenvalue weighted by Crippen LogP contribution is -2.42. The fraction of sp³-hybridized carbons (Fsp3) is 0.790. The summed E-state index contributed by atoms with van der Waals surface area (Å²) in [5.74, 6) is 1.88. The Kier molecular flexibility index (Phi) is 28.0. The van der Waals surface area contributed by atoms with E-state index in [0.717, 1.165) is 114 Å². The number of ether oxygens (including phenoxy) is 8. The molecule has 10 fully saturated rings. The van der Waals surface area contributed by atoms with Gasteiger partial charge in [0.15, 0.2) is 17.4 Å². The monoisotopic (exact) mass is 1180 g/mol. The van der Waals surface area contributed by atoms with Crippen LogP contribution in [0, 0.1) is 36.5 Å². The molecular weight excluding hydrogens is 1080 g/mol. The summed E-state index contributed by atoms with van der Waals surface area (Å²) < 4.78 is 71.8. The van der Waals surface area contributed by atoms with Crippen molar-refractivity contribution in [2.75, 3.05) is 46.8 Å². The lowest BCUT2D eigenvalue weighted by atomic mass is 9.84. The third-order valence-electron chi connectivity index (χ3n) is 17.7. The number of benzene rings is 1. The molecule has 3 spiro atoms. The van der Waals surface area contributed by atoms with Crippen molar-refractivity contribution < 1.29 is 81.8 Å². The highest BCUT2D eigenvalue weighted by Gasteiger charge is 2.53. The third-order valence-corrected chi connectivity index (χ3v) is 19.0. The minimum Gasteiger partial charge on any atom is -0.501 e. The Labute approximate surface area is 489 Å². The van der Waals surface area contributed by atoms with Gasteiger partial charge in [-0.05, 0) is 113 Å². The molecule has 20 heteroatoms. The molecule has 6 saturated carbocycles. The maximum atomic E-state index is 12.1. The van der Waals surface area contributed by atoms with Crippen molar-refractivity contribution in [3.63, 3.8) is 0 Å². The van der Waals surface area contributed by atoms with Gasteiger partial charge in [0.05, 0.1) is 106 Å². The van der Waals surface area contributed by atoms with Crippen molar-refractivity contribution >= 4 is 27.2 Å². The Balaban J connectivity index is 0.000000178.